The number of carbonyl (C=O) groups is 2. The normalized spacial score (nSPS) is 13.2. The molecule has 10 heteroatoms. The summed E-state index contributed by atoms with van der Waals surface area (Å²) in [6, 6.07) is 25.2. The first-order valence-electron chi connectivity index (χ1n) is 12.2. The van der Waals surface area contributed by atoms with Gasteiger partial charge in [0.15, 0.2) is 10.9 Å². The van der Waals surface area contributed by atoms with Gasteiger partial charge in [-0.1, -0.05) is 23.2 Å². The van der Waals surface area contributed by atoms with Crippen LogP contribution in [0.3, 0.4) is 0 Å². The number of benzene rings is 3. The molecule has 1 saturated heterocycles. The van der Waals surface area contributed by atoms with Crippen LogP contribution < -0.4 is 15.5 Å². The molecule has 2 heterocycles. The Balaban J connectivity index is 1.11. The molecule has 7 nitrogen and oxygen atoms in total. The molecule has 0 radical (unpaired) electrons. The average molecular weight is 580 g/mol. The molecule has 198 valence electrons. The summed E-state index contributed by atoms with van der Waals surface area (Å²) in [6.45, 7) is 2.71. The Morgan fingerprint density at radius 2 is 1.38 bits per heavy atom. The fourth-order valence-corrected chi connectivity index (χ4v) is 4.72. The van der Waals surface area contributed by atoms with Crippen molar-refractivity contribution in [2.75, 3.05) is 36.4 Å². The zero-order valence-electron chi connectivity index (χ0n) is 20.7. The number of hydrogen-bond acceptors (Lipinski definition) is 5. The molecular weight excluding hydrogens is 555 g/mol. The molecule has 2 N–H and O–H groups in total. The predicted molar refractivity (Wildman–Crippen MR) is 159 cm³/mol. The fourth-order valence-electron chi connectivity index (χ4n) is 4.25. The number of hydrogen-bond donors (Lipinski definition) is 2. The number of anilines is 2. The molecule has 1 aliphatic heterocycles. The van der Waals surface area contributed by atoms with Gasteiger partial charge in [0.2, 0.25) is 0 Å². The third kappa shape index (κ3) is 6.60. The van der Waals surface area contributed by atoms with Crippen LogP contribution >= 0.6 is 35.4 Å². The van der Waals surface area contributed by atoms with Crippen molar-refractivity contribution in [2.45, 2.75) is 0 Å². The Hall–Kier alpha value is -3.85. The fraction of sp³-hybridized carbons (Fsp3) is 0.138. The number of piperazine rings is 1. The van der Waals surface area contributed by atoms with E-state index in [9.17, 15) is 9.59 Å². The minimum atomic E-state index is -0.449. The molecule has 1 aliphatic rings. The van der Waals surface area contributed by atoms with Gasteiger partial charge < -0.3 is 19.5 Å². The maximum atomic E-state index is 12.7. The summed E-state index contributed by atoms with van der Waals surface area (Å²) < 4.78 is 5.68. The van der Waals surface area contributed by atoms with Crippen LogP contribution in [0.25, 0.3) is 11.3 Å². The summed E-state index contributed by atoms with van der Waals surface area (Å²) in [6.07, 6.45) is 0. The van der Waals surface area contributed by atoms with Gasteiger partial charge in [-0.25, -0.2) is 0 Å². The first kappa shape index (κ1) is 26.7. The van der Waals surface area contributed by atoms with Crippen LogP contribution in [0.1, 0.15) is 20.9 Å². The monoisotopic (exact) mass is 578 g/mol. The summed E-state index contributed by atoms with van der Waals surface area (Å²) in [5.41, 5.74) is 3.23. The standard InChI is InChI=1S/C29H24Cl2N4O3S/c30-21-5-1-19(2-6-21)25-13-14-26(38-25)27(36)33-29(39)32-23-9-11-24(12-10-23)34-15-17-35(18-16-34)28(37)20-3-7-22(31)8-4-20/h1-14H,15-18H2,(H2,32,33,36,39). The summed E-state index contributed by atoms with van der Waals surface area (Å²) in [5.74, 6) is 0.266. The zero-order chi connectivity index (χ0) is 27.4. The lowest BCUT2D eigenvalue weighted by molar-refractivity contribution is 0.0746. The average Bonchev–Trinajstić information content (AvgIpc) is 3.45. The molecule has 0 bridgehead atoms. The van der Waals surface area contributed by atoms with Crippen LogP contribution in [0.4, 0.5) is 11.4 Å². The zero-order valence-corrected chi connectivity index (χ0v) is 23.0. The van der Waals surface area contributed by atoms with Crippen molar-refractivity contribution in [2.24, 2.45) is 0 Å². The smallest absolute Gasteiger partial charge is 0.293 e. The van der Waals surface area contributed by atoms with E-state index in [1.165, 1.54) is 0 Å². The van der Waals surface area contributed by atoms with Gasteiger partial charge in [0.25, 0.3) is 11.8 Å². The van der Waals surface area contributed by atoms with Crippen LogP contribution in [0.2, 0.25) is 10.0 Å². The summed E-state index contributed by atoms with van der Waals surface area (Å²) in [4.78, 5) is 29.4. The highest BCUT2D eigenvalue weighted by atomic mass is 35.5. The first-order valence-corrected chi connectivity index (χ1v) is 13.4. The highest BCUT2D eigenvalue weighted by Gasteiger charge is 2.22. The van der Waals surface area contributed by atoms with Crippen LogP contribution in [0.15, 0.2) is 89.3 Å². The molecule has 1 aromatic heterocycles. The molecule has 0 aliphatic carbocycles. The Bertz CT molecular complexity index is 1480. The van der Waals surface area contributed by atoms with E-state index in [1.807, 2.05) is 41.3 Å². The summed E-state index contributed by atoms with van der Waals surface area (Å²) in [5, 5.41) is 7.05. The van der Waals surface area contributed by atoms with E-state index >= 15 is 0 Å². The van der Waals surface area contributed by atoms with E-state index in [2.05, 4.69) is 15.5 Å². The molecule has 0 spiro atoms. The molecule has 3 aromatic carbocycles. The highest BCUT2D eigenvalue weighted by Crippen LogP contribution is 2.24. The number of furan rings is 1. The van der Waals surface area contributed by atoms with Gasteiger partial charge in [-0.2, -0.15) is 0 Å². The number of amides is 2. The molecule has 2 amide bonds. The van der Waals surface area contributed by atoms with Crippen LogP contribution in [-0.2, 0) is 0 Å². The van der Waals surface area contributed by atoms with Gasteiger partial charge in [-0.05, 0) is 97.1 Å². The van der Waals surface area contributed by atoms with Gasteiger partial charge in [0.1, 0.15) is 5.76 Å². The topological polar surface area (TPSA) is 77.8 Å². The summed E-state index contributed by atoms with van der Waals surface area (Å²) in [7, 11) is 0. The van der Waals surface area contributed by atoms with Crippen molar-refractivity contribution in [3.63, 3.8) is 0 Å². The maximum Gasteiger partial charge on any atom is 0.293 e. The van der Waals surface area contributed by atoms with Crippen LogP contribution in [0, 0.1) is 0 Å². The van der Waals surface area contributed by atoms with E-state index < -0.39 is 5.91 Å². The third-order valence-corrected chi connectivity index (χ3v) is 7.04. The Labute approximate surface area is 241 Å². The molecule has 5 rings (SSSR count). The number of nitrogens with one attached hydrogen (secondary N) is 2. The van der Waals surface area contributed by atoms with Gasteiger partial charge >= 0.3 is 0 Å². The van der Waals surface area contributed by atoms with Gasteiger partial charge in [0, 0.05) is 58.7 Å². The van der Waals surface area contributed by atoms with Crippen LogP contribution in [0.5, 0.6) is 0 Å². The Kier molecular flexibility index (Phi) is 8.16. The van der Waals surface area contributed by atoms with Crippen molar-refractivity contribution < 1.29 is 14.0 Å². The van der Waals surface area contributed by atoms with Gasteiger partial charge in [-0.3, -0.25) is 14.9 Å². The largest absolute Gasteiger partial charge is 0.451 e. The highest BCUT2D eigenvalue weighted by molar-refractivity contribution is 7.80. The minimum absolute atomic E-state index is 0.0113. The number of carbonyl (C=O) groups excluding carboxylic acids is 2. The van der Waals surface area contributed by atoms with Crippen molar-refractivity contribution in [1.29, 1.82) is 0 Å². The predicted octanol–water partition coefficient (Wildman–Crippen LogP) is 6.34. The van der Waals surface area contributed by atoms with E-state index in [1.54, 1.807) is 48.5 Å². The van der Waals surface area contributed by atoms with Crippen molar-refractivity contribution >= 4 is 63.7 Å². The van der Waals surface area contributed by atoms with E-state index in [4.69, 9.17) is 39.8 Å². The van der Waals surface area contributed by atoms with Crippen molar-refractivity contribution in [3.05, 3.63) is 106 Å². The van der Waals surface area contributed by atoms with Crippen molar-refractivity contribution in [1.82, 2.24) is 10.2 Å². The van der Waals surface area contributed by atoms with Crippen LogP contribution in [-0.4, -0.2) is 48.0 Å². The van der Waals surface area contributed by atoms with E-state index in [0.29, 0.717) is 34.5 Å². The molecule has 0 unspecified atom stereocenters. The van der Waals surface area contributed by atoms with E-state index in [0.717, 1.165) is 30.0 Å². The van der Waals surface area contributed by atoms with Gasteiger partial charge in [-0.15, -0.1) is 0 Å². The maximum absolute atomic E-state index is 12.7. The Morgan fingerprint density at radius 1 is 0.769 bits per heavy atom. The molecule has 0 saturated carbocycles. The number of thiocarbonyl (C=S) groups is 1. The lowest BCUT2D eigenvalue weighted by Gasteiger charge is -2.36. The minimum Gasteiger partial charge on any atom is -0.451 e. The second-order valence-electron chi connectivity index (χ2n) is 8.91. The first-order chi connectivity index (χ1) is 18.9. The molecule has 4 aromatic rings. The molecular formula is C29H24Cl2N4O3S. The Morgan fingerprint density at radius 3 is 2.03 bits per heavy atom. The summed E-state index contributed by atoms with van der Waals surface area (Å²) >= 11 is 17.2. The number of nitrogens with zero attached hydrogens (tertiary/aromatic N) is 2. The third-order valence-electron chi connectivity index (χ3n) is 6.33. The second kappa shape index (κ2) is 11.9. The van der Waals surface area contributed by atoms with E-state index in [-0.39, 0.29) is 16.8 Å². The van der Waals surface area contributed by atoms with Gasteiger partial charge in [0.05, 0.1) is 0 Å². The van der Waals surface area contributed by atoms with Crippen molar-refractivity contribution in [3.8, 4) is 11.3 Å². The second-order valence-corrected chi connectivity index (χ2v) is 10.2. The molecule has 0 atom stereocenters. The SMILES string of the molecule is O=C(NC(=S)Nc1ccc(N2CCN(C(=O)c3ccc(Cl)cc3)CC2)cc1)c1ccc(-c2ccc(Cl)cc2)o1. The molecule has 1 fully saturated rings. The lowest BCUT2D eigenvalue weighted by Crippen LogP contribution is -2.48. The lowest BCUT2D eigenvalue weighted by atomic mass is 10.1. The molecule has 39 heavy (non-hydrogen) atoms. The number of rotatable bonds is 5. The number of halogens is 2. The quantitative estimate of drug-likeness (QED) is 0.269.